The van der Waals surface area contributed by atoms with Crippen LogP contribution >= 0.6 is 0 Å². The zero-order valence-electron chi connectivity index (χ0n) is 17.1. The van der Waals surface area contributed by atoms with Crippen LogP contribution in [0.25, 0.3) is 0 Å². The van der Waals surface area contributed by atoms with Crippen molar-refractivity contribution in [2.24, 2.45) is 0 Å². The van der Waals surface area contributed by atoms with Gasteiger partial charge in [-0.25, -0.2) is 4.79 Å². The molecule has 30 heavy (non-hydrogen) atoms. The van der Waals surface area contributed by atoms with Gasteiger partial charge in [-0.05, 0) is 47.4 Å². The normalized spacial score (nSPS) is 11.9. The zero-order chi connectivity index (χ0) is 22.1. The summed E-state index contributed by atoms with van der Waals surface area (Å²) < 4.78 is 36.5. The number of ether oxygens (including phenoxy) is 2. The Labute approximate surface area is 175 Å². The minimum Gasteiger partial charge on any atom is -0.497 e. The molecule has 0 radical (unpaired) electrons. The van der Waals surface area contributed by atoms with Gasteiger partial charge in [-0.15, -0.1) is 9.19 Å². The summed E-state index contributed by atoms with van der Waals surface area (Å²) in [6.45, 7) is 6.21. The maximum atomic E-state index is 12.8. The van der Waals surface area contributed by atoms with Crippen molar-refractivity contribution in [2.75, 3.05) is 12.8 Å². The molecule has 0 amide bonds. The molecule has 8 nitrogen and oxygen atoms in total. The second-order valence-corrected chi connectivity index (χ2v) is 9.42. The molecule has 0 unspecified atom stereocenters. The highest BCUT2D eigenvalue weighted by atomic mass is 32.2. The highest BCUT2D eigenvalue weighted by molar-refractivity contribution is 7.90. The van der Waals surface area contributed by atoms with Gasteiger partial charge in [0, 0.05) is 6.07 Å². The van der Waals surface area contributed by atoms with Crippen LogP contribution in [0.3, 0.4) is 0 Å². The lowest BCUT2D eigenvalue weighted by Gasteiger charge is -2.18. The fourth-order valence-electron chi connectivity index (χ4n) is 2.71. The van der Waals surface area contributed by atoms with Crippen LogP contribution in [0.1, 0.15) is 36.7 Å². The van der Waals surface area contributed by atoms with Crippen molar-refractivity contribution in [1.29, 1.82) is 0 Å². The predicted octanol–water partition coefficient (Wildman–Crippen LogP) is 3.23. The van der Waals surface area contributed by atoms with Gasteiger partial charge >= 0.3 is 5.97 Å². The summed E-state index contributed by atoms with van der Waals surface area (Å²) in [6.07, 6.45) is 0. The second kappa shape index (κ2) is 7.83. The van der Waals surface area contributed by atoms with E-state index in [-0.39, 0.29) is 22.0 Å². The molecule has 1 heterocycles. The van der Waals surface area contributed by atoms with Crippen molar-refractivity contribution in [2.45, 2.75) is 31.1 Å². The van der Waals surface area contributed by atoms with Crippen molar-refractivity contribution in [3.8, 4) is 11.6 Å². The second-order valence-electron chi connectivity index (χ2n) is 7.65. The zero-order valence-corrected chi connectivity index (χ0v) is 17.9. The topological polar surface area (TPSA) is 114 Å². The van der Waals surface area contributed by atoms with E-state index in [4.69, 9.17) is 15.2 Å². The SMILES string of the molecule is COc1ccc(S(=O)(=O)n2nc(OC(=O)c3ccc(C(C)(C)C)cc3)cc2N)cc1. The molecule has 0 saturated carbocycles. The van der Waals surface area contributed by atoms with Gasteiger partial charge in [0.15, 0.2) is 0 Å². The number of carbonyl (C=O) groups excluding carboxylic acids is 1. The molecule has 0 fully saturated rings. The molecule has 0 aliphatic rings. The molecule has 3 aromatic rings. The summed E-state index contributed by atoms with van der Waals surface area (Å²) in [4.78, 5) is 12.4. The van der Waals surface area contributed by atoms with Crippen molar-refractivity contribution >= 4 is 21.8 Å². The standard InChI is InChI=1S/C21H23N3O5S/c1-21(2,3)15-7-5-14(6-8-15)20(25)29-19-13-18(22)24(23-19)30(26,27)17-11-9-16(28-4)10-12-17/h5-13H,22H2,1-4H3. The smallest absolute Gasteiger partial charge is 0.344 e. The average Bonchev–Trinajstić information content (AvgIpc) is 3.08. The first-order chi connectivity index (χ1) is 14.0. The van der Waals surface area contributed by atoms with E-state index in [1.54, 1.807) is 12.1 Å². The van der Waals surface area contributed by atoms with Gasteiger partial charge in [-0.3, -0.25) is 0 Å². The van der Waals surface area contributed by atoms with Gasteiger partial charge in [-0.2, -0.15) is 8.42 Å². The van der Waals surface area contributed by atoms with Crippen LogP contribution in [0.2, 0.25) is 0 Å². The Balaban J connectivity index is 1.82. The van der Waals surface area contributed by atoms with Crippen LogP contribution in [0.5, 0.6) is 11.6 Å². The Morgan fingerprint density at radius 3 is 2.17 bits per heavy atom. The number of nitrogen functional groups attached to an aromatic ring is 1. The number of benzene rings is 2. The Morgan fingerprint density at radius 1 is 1.03 bits per heavy atom. The van der Waals surface area contributed by atoms with E-state index in [9.17, 15) is 13.2 Å². The molecule has 2 N–H and O–H groups in total. The third kappa shape index (κ3) is 4.30. The van der Waals surface area contributed by atoms with Crippen LogP contribution < -0.4 is 15.2 Å². The molecule has 9 heteroatoms. The number of hydrogen-bond acceptors (Lipinski definition) is 7. The first-order valence-electron chi connectivity index (χ1n) is 9.10. The minimum absolute atomic E-state index is 0.0336. The van der Waals surface area contributed by atoms with Gasteiger partial charge in [-0.1, -0.05) is 32.9 Å². The van der Waals surface area contributed by atoms with Crippen molar-refractivity contribution in [1.82, 2.24) is 9.19 Å². The van der Waals surface area contributed by atoms with Crippen LogP contribution in [0, 0.1) is 0 Å². The van der Waals surface area contributed by atoms with E-state index in [2.05, 4.69) is 25.9 Å². The molecule has 0 spiro atoms. The van der Waals surface area contributed by atoms with E-state index in [1.807, 2.05) is 12.1 Å². The largest absolute Gasteiger partial charge is 0.497 e. The number of hydrogen-bond donors (Lipinski definition) is 1. The van der Waals surface area contributed by atoms with Crippen molar-refractivity contribution < 1.29 is 22.7 Å². The number of esters is 1. The number of rotatable bonds is 5. The highest BCUT2D eigenvalue weighted by Crippen LogP contribution is 2.25. The molecule has 0 atom stereocenters. The quantitative estimate of drug-likeness (QED) is 0.619. The molecule has 3 rings (SSSR count). The summed E-state index contributed by atoms with van der Waals surface area (Å²) in [5.74, 6) is -0.553. The van der Waals surface area contributed by atoms with E-state index >= 15 is 0 Å². The average molecular weight is 429 g/mol. The van der Waals surface area contributed by atoms with Gasteiger partial charge in [0.2, 0.25) is 5.88 Å². The van der Waals surface area contributed by atoms with Crippen molar-refractivity contribution in [3.63, 3.8) is 0 Å². The monoisotopic (exact) mass is 429 g/mol. The van der Waals surface area contributed by atoms with Crippen LogP contribution in [0.4, 0.5) is 5.82 Å². The van der Waals surface area contributed by atoms with Crippen molar-refractivity contribution in [3.05, 3.63) is 65.7 Å². The molecular weight excluding hydrogens is 406 g/mol. The maximum absolute atomic E-state index is 12.8. The Hall–Kier alpha value is -3.33. The molecule has 1 aromatic heterocycles. The summed E-state index contributed by atoms with van der Waals surface area (Å²) in [5.41, 5.74) is 7.14. The number of methoxy groups -OCH3 is 1. The summed E-state index contributed by atoms with van der Waals surface area (Å²) in [7, 11) is -2.58. The number of nitrogens with two attached hydrogens (primary N) is 1. The van der Waals surface area contributed by atoms with Crippen LogP contribution in [-0.2, 0) is 15.4 Å². The Morgan fingerprint density at radius 2 is 1.63 bits per heavy atom. The highest BCUT2D eigenvalue weighted by Gasteiger charge is 2.23. The van der Waals surface area contributed by atoms with Gasteiger partial charge < -0.3 is 15.2 Å². The molecule has 2 aromatic carbocycles. The molecule has 0 aliphatic carbocycles. The maximum Gasteiger partial charge on any atom is 0.344 e. The minimum atomic E-state index is -4.06. The lowest BCUT2D eigenvalue weighted by Crippen LogP contribution is -2.17. The number of anilines is 1. The lowest BCUT2D eigenvalue weighted by atomic mass is 9.87. The number of nitrogens with zero attached hydrogens (tertiary/aromatic N) is 2. The fraction of sp³-hybridized carbons (Fsp3) is 0.238. The van der Waals surface area contributed by atoms with E-state index in [0.717, 1.165) is 5.56 Å². The van der Waals surface area contributed by atoms with E-state index in [1.165, 1.54) is 37.4 Å². The van der Waals surface area contributed by atoms with Gasteiger partial charge in [0.25, 0.3) is 10.0 Å². The lowest BCUT2D eigenvalue weighted by molar-refractivity contribution is 0.0727. The number of aromatic nitrogens is 2. The predicted molar refractivity (Wildman–Crippen MR) is 112 cm³/mol. The molecule has 0 aliphatic heterocycles. The van der Waals surface area contributed by atoms with Gasteiger partial charge in [0.05, 0.1) is 17.6 Å². The molecule has 0 saturated heterocycles. The summed E-state index contributed by atoms with van der Waals surface area (Å²) >= 11 is 0. The molecular formula is C21H23N3O5S. The van der Waals surface area contributed by atoms with E-state index < -0.39 is 16.0 Å². The number of carbonyl (C=O) groups is 1. The molecule has 0 bridgehead atoms. The molecule has 158 valence electrons. The Kier molecular flexibility index (Phi) is 5.58. The third-order valence-electron chi connectivity index (χ3n) is 4.45. The van der Waals surface area contributed by atoms with E-state index in [0.29, 0.717) is 15.4 Å². The van der Waals surface area contributed by atoms with Gasteiger partial charge in [0.1, 0.15) is 11.6 Å². The summed E-state index contributed by atoms with van der Waals surface area (Å²) in [6, 6.07) is 13.9. The Bertz CT molecular complexity index is 1160. The summed E-state index contributed by atoms with van der Waals surface area (Å²) in [5, 5.41) is 3.85. The first-order valence-corrected chi connectivity index (χ1v) is 10.5. The first kappa shape index (κ1) is 21.4. The van der Waals surface area contributed by atoms with Crippen LogP contribution in [0.15, 0.2) is 59.5 Å². The fourth-order valence-corrected chi connectivity index (χ4v) is 3.91. The third-order valence-corrected chi connectivity index (χ3v) is 6.07. The van der Waals surface area contributed by atoms with Crippen LogP contribution in [-0.4, -0.2) is 30.7 Å².